The molecule has 1 saturated heterocycles. The molecule has 1 fully saturated rings. The van der Waals surface area contributed by atoms with Crippen LogP contribution < -0.4 is 0 Å². The lowest BCUT2D eigenvalue weighted by Crippen LogP contribution is -2.29. The van der Waals surface area contributed by atoms with Gasteiger partial charge in [-0.25, -0.2) is 0 Å². The summed E-state index contributed by atoms with van der Waals surface area (Å²) in [4.78, 5) is 0. The number of ether oxygens (including phenoxy) is 3. The topological polar surface area (TPSA) is 27.7 Å². The van der Waals surface area contributed by atoms with Crippen molar-refractivity contribution >= 4 is 17.7 Å². The summed E-state index contributed by atoms with van der Waals surface area (Å²) in [5, 5.41) is 0.723. The second kappa shape index (κ2) is 10.4. The lowest BCUT2D eigenvalue weighted by atomic mass is 10.1. The predicted octanol–water partition coefficient (Wildman–Crippen LogP) is 6.27. The van der Waals surface area contributed by atoms with Crippen LogP contribution in [-0.2, 0) is 27.4 Å². The van der Waals surface area contributed by atoms with Crippen molar-refractivity contribution < 1.29 is 14.2 Å². The Morgan fingerprint density at radius 3 is 2.13 bits per heavy atom. The summed E-state index contributed by atoms with van der Waals surface area (Å²) in [5.41, 5.74) is 3.35. The molecule has 0 aliphatic carbocycles. The van der Waals surface area contributed by atoms with Crippen LogP contribution in [0, 0.1) is 0 Å². The Balaban J connectivity index is 1.40. The van der Waals surface area contributed by atoms with Gasteiger partial charge in [0.25, 0.3) is 0 Å². The Bertz CT molecular complexity index is 939. The van der Waals surface area contributed by atoms with Crippen LogP contribution in [0.4, 0.5) is 0 Å². The number of hydrogen-bond donors (Lipinski definition) is 0. The SMILES string of the molecule is Clc1ccc(/C=C2\C[C@H](OCc3ccccc3)[C@@H](COCc3ccccc3)O2)cc1. The van der Waals surface area contributed by atoms with Crippen molar-refractivity contribution in [3.05, 3.63) is 112 Å². The van der Waals surface area contributed by atoms with Crippen LogP contribution in [-0.4, -0.2) is 18.8 Å². The van der Waals surface area contributed by atoms with E-state index in [4.69, 9.17) is 25.8 Å². The molecule has 1 aliphatic heterocycles. The van der Waals surface area contributed by atoms with Gasteiger partial charge in [-0.2, -0.15) is 0 Å². The van der Waals surface area contributed by atoms with Gasteiger partial charge in [-0.1, -0.05) is 84.4 Å². The van der Waals surface area contributed by atoms with Gasteiger partial charge in [0.15, 0.2) is 0 Å². The van der Waals surface area contributed by atoms with E-state index in [9.17, 15) is 0 Å². The molecule has 1 aliphatic rings. The molecule has 0 bridgehead atoms. The second-order valence-corrected chi connectivity index (χ2v) is 7.79. The fraction of sp³-hybridized carbons (Fsp3) is 0.231. The quantitative estimate of drug-likeness (QED) is 0.429. The summed E-state index contributed by atoms with van der Waals surface area (Å²) in [7, 11) is 0. The second-order valence-electron chi connectivity index (χ2n) is 7.36. The zero-order valence-corrected chi connectivity index (χ0v) is 17.5. The van der Waals surface area contributed by atoms with Crippen LogP contribution >= 0.6 is 11.6 Å². The fourth-order valence-corrected chi connectivity index (χ4v) is 3.56. The molecule has 0 N–H and O–H groups in total. The maximum absolute atomic E-state index is 6.22. The van der Waals surface area contributed by atoms with Gasteiger partial charge >= 0.3 is 0 Å². The zero-order valence-electron chi connectivity index (χ0n) is 16.7. The Kier molecular flexibility index (Phi) is 7.20. The van der Waals surface area contributed by atoms with Crippen LogP contribution in [0.15, 0.2) is 90.7 Å². The van der Waals surface area contributed by atoms with E-state index in [-0.39, 0.29) is 12.2 Å². The van der Waals surface area contributed by atoms with Gasteiger partial charge < -0.3 is 14.2 Å². The molecule has 0 aromatic heterocycles. The highest BCUT2D eigenvalue weighted by Gasteiger charge is 2.33. The predicted molar refractivity (Wildman–Crippen MR) is 120 cm³/mol. The molecule has 3 nitrogen and oxygen atoms in total. The highest BCUT2D eigenvalue weighted by Crippen LogP contribution is 2.29. The Morgan fingerprint density at radius 2 is 1.47 bits per heavy atom. The van der Waals surface area contributed by atoms with E-state index in [0.29, 0.717) is 19.8 Å². The van der Waals surface area contributed by atoms with Crippen molar-refractivity contribution in [2.24, 2.45) is 0 Å². The van der Waals surface area contributed by atoms with Gasteiger partial charge in [0.05, 0.1) is 25.6 Å². The van der Waals surface area contributed by atoms with Gasteiger partial charge in [-0.05, 0) is 34.9 Å². The Labute approximate surface area is 182 Å². The van der Waals surface area contributed by atoms with Crippen molar-refractivity contribution in [2.75, 3.05) is 6.61 Å². The standard InChI is InChI=1S/C26H25ClO3/c27-23-13-11-20(12-14-23)15-24-16-25(29-18-22-9-5-2-6-10-22)26(30-24)19-28-17-21-7-3-1-4-8-21/h1-15,25-26H,16-19H2/b24-15+/t25-,26+/m0/s1. The van der Waals surface area contributed by atoms with Crippen LogP contribution in [0.25, 0.3) is 6.08 Å². The van der Waals surface area contributed by atoms with Gasteiger partial charge in [0.1, 0.15) is 12.2 Å². The monoisotopic (exact) mass is 420 g/mol. The van der Waals surface area contributed by atoms with E-state index in [2.05, 4.69) is 24.3 Å². The van der Waals surface area contributed by atoms with Crippen LogP contribution in [0.5, 0.6) is 0 Å². The smallest absolute Gasteiger partial charge is 0.148 e. The Morgan fingerprint density at radius 1 is 0.833 bits per heavy atom. The van der Waals surface area contributed by atoms with Crippen molar-refractivity contribution in [3.63, 3.8) is 0 Å². The molecule has 4 heteroatoms. The van der Waals surface area contributed by atoms with Crippen molar-refractivity contribution in [2.45, 2.75) is 31.8 Å². The summed E-state index contributed by atoms with van der Waals surface area (Å²) in [6, 6.07) is 28.1. The van der Waals surface area contributed by atoms with Gasteiger partial charge in [0.2, 0.25) is 0 Å². The van der Waals surface area contributed by atoms with Crippen LogP contribution in [0.3, 0.4) is 0 Å². The third kappa shape index (κ3) is 5.96. The minimum atomic E-state index is -0.143. The average molecular weight is 421 g/mol. The van der Waals surface area contributed by atoms with Crippen molar-refractivity contribution in [1.82, 2.24) is 0 Å². The van der Waals surface area contributed by atoms with E-state index in [1.54, 1.807) is 0 Å². The molecule has 0 unspecified atom stereocenters. The number of benzene rings is 3. The number of halogens is 1. The number of rotatable bonds is 8. The third-order valence-electron chi connectivity index (χ3n) is 5.02. The number of hydrogen-bond acceptors (Lipinski definition) is 3. The maximum atomic E-state index is 6.22. The Hall–Kier alpha value is -2.59. The minimum Gasteiger partial charge on any atom is -0.489 e. The molecular weight excluding hydrogens is 396 g/mol. The first-order chi connectivity index (χ1) is 14.8. The van der Waals surface area contributed by atoms with Crippen LogP contribution in [0.2, 0.25) is 5.02 Å². The largest absolute Gasteiger partial charge is 0.489 e. The van der Waals surface area contributed by atoms with Gasteiger partial charge in [-0.3, -0.25) is 0 Å². The molecule has 0 radical (unpaired) electrons. The first-order valence-electron chi connectivity index (χ1n) is 10.2. The van der Waals surface area contributed by atoms with Crippen molar-refractivity contribution in [3.8, 4) is 0 Å². The van der Waals surface area contributed by atoms with E-state index in [0.717, 1.165) is 33.9 Å². The summed E-state index contributed by atoms with van der Waals surface area (Å²) in [6.45, 7) is 1.59. The lowest BCUT2D eigenvalue weighted by Gasteiger charge is -2.19. The molecule has 0 amide bonds. The summed E-state index contributed by atoms with van der Waals surface area (Å²) >= 11 is 5.99. The van der Waals surface area contributed by atoms with E-state index < -0.39 is 0 Å². The van der Waals surface area contributed by atoms with Crippen LogP contribution in [0.1, 0.15) is 23.1 Å². The molecule has 3 aromatic rings. The average Bonchev–Trinajstić information content (AvgIpc) is 3.17. The van der Waals surface area contributed by atoms with E-state index in [1.807, 2.05) is 66.7 Å². The first-order valence-corrected chi connectivity index (χ1v) is 10.5. The highest BCUT2D eigenvalue weighted by molar-refractivity contribution is 6.30. The molecule has 4 rings (SSSR count). The molecule has 154 valence electrons. The molecule has 30 heavy (non-hydrogen) atoms. The third-order valence-corrected chi connectivity index (χ3v) is 5.27. The fourth-order valence-electron chi connectivity index (χ4n) is 3.44. The van der Waals surface area contributed by atoms with E-state index in [1.165, 1.54) is 0 Å². The van der Waals surface area contributed by atoms with Crippen molar-refractivity contribution in [1.29, 1.82) is 0 Å². The minimum absolute atomic E-state index is 0.0560. The molecule has 0 spiro atoms. The summed E-state index contributed by atoms with van der Waals surface area (Å²) in [5.74, 6) is 0.906. The normalized spacial score (nSPS) is 19.7. The maximum Gasteiger partial charge on any atom is 0.148 e. The van der Waals surface area contributed by atoms with Gasteiger partial charge in [0, 0.05) is 11.4 Å². The molecule has 3 aromatic carbocycles. The highest BCUT2D eigenvalue weighted by atomic mass is 35.5. The molecule has 2 atom stereocenters. The molecular formula is C26H25ClO3. The first kappa shape index (κ1) is 20.7. The van der Waals surface area contributed by atoms with E-state index >= 15 is 0 Å². The zero-order chi connectivity index (χ0) is 20.6. The summed E-state index contributed by atoms with van der Waals surface area (Å²) < 4.78 is 18.4. The molecule has 0 saturated carbocycles. The van der Waals surface area contributed by atoms with Gasteiger partial charge in [-0.15, -0.1) is 0 Å². The lowest BCUT2D eigenvalue weighted by molar-refractivity contribution is -0.0528. The molecule has 1 heterocycles. The summed E-state index contributed by atoms with van der Waals surface area (Å²) in [6.07, 6.45) is 2.57.